The number of carbonyl (C=O) groups is 1. The molecule has 0 bridgehead atoms. The maximum Gasteiger partial charge on any atom is 0.255 e. The zero-order chi connectivity index (χ0) is 17.4. The number of nitrogens with two attached hydrogens (primary N) is 1. The van der Waals surface area contributed by atoms with Gasteiger partial charge in [0, 0.05) is 25.3 Å². The van der Waals surface area contributed by atoms with Crippen LogP contribution in [-0.4, -0.2) is 49.9 Å². The number of imidazole rings is 1. The van der Waals surface area contributed by atoms with Crippen molar-refractivity contribution < 1.29 is 9.42 Å². The van der Waals surface area contributed by atoms with Gasteiger partial charge in [0.05, 0.1) is 17.3 Å². The number of anilines is 1. The van der Waals surface area contributed by atoms with Gasteiger partial charge in [0.1, 0.15) is 5.52 Å². The molecule has 0 saturated carbocycles. The lowest BCUT2D eigenvalue weighted by atomic mass is 10.2. The molecule has 1 saturated heterocycles. The summed E-state index contributed by atoms with van der Waals surface area (Å²) in [4.78, 5) is 21.4. The molecule has 3 aromatic heterocycles. The monoisotopic (exact) mass is 342 g/mol. The number of nitrogens with zero attached hydrogens (tertiary/aromatic N) is 5. The van der Waals surface area contributed by atoms with Crippen LogP contribution < -0.4 is 16.4 Å². The Labute approximate surface area is 142 Å². The molecule has 1 atom stereocenters. The smallest absolute Gasteiger partial charge is 0.255 e. The number of nitrogens with one attached hydrogen (secondary N) is 2. The van der Waals surface area contributed by atoms with E-state index in [-0.39, 0.29) is 17.8 Å². The van der Waals surface area contributed by atoms with E-state index in [2.05, 4.69) is 35.5 Å². The third-order valence-electron chi connectivity index (χ3n) is 4.33. The number of pyridine rings is 1. The van der Waals surface area contributed by atoms with Crippen LogP contribution in [0.4, 0.5) is 5.82 Å². The number of rotatable bonds is 4. The van der Waals surface area contributed by atoms with Crippen molar-refractivity contribution in [3.63, 3.8) is 0 Å². The van der Waals surface area contributed by atoms with Crippen molar-refractivity contribution in [3.05, 3.63) is 18.0 Å². The summed E-state index contributed by atoms with van der Waals surface area (Å²) < 4.78 is 6.55. The SMILES string of the molecule is CCn1c(-c2nonc2N)nc2cncc(C(=O)N[C@H]3CCNC3)c21. The molecular formula is C15H18N8O2. The van der Waals surface area contributed by atoms with Gasteiger partial charge in [0.2, 0.25) is 0 Å². The summed E-state index contributed by atoms with van der Waals surface area (Å²) in [6.07, 6.45) is 4.08. The van der Waals surface area contributed by atoms with E-state index in [0.29, 0.717) is 34.7 Å². The zero-order valence-corrected chi connectivity index (χ0v) is 13.7. The first-order valence-electron chi connectivity index (χ1n) is 8.13. The average Bonchev–Trinajstić information content (AvgIpc) is 3.33. The van der Waals surface area contributed by atoms with Crippen molar-refractivity contribution in [3.8, 4) is 11.5 Å². The van der Waals surface area contributed by atoms with E-state index in [9.17, 15) is 4.79 Å². The van der Waals surface area contributed by atoms with Crippen LogP contribution in [0.15, 0.2) is 17.0 Å². The van der Waals surface area contributed by atoms with Gasteiger partial charge in [-0.1, -0.05) is 0 Å². The summed E-state index contributed by atoms with van der Waals surface area (Å²) in [5.74, 6) is 0.487. The van der Waals surface area contributed by atoms with Gasteiger partial charge >= 0.3 is 0 Å². The van der Waals surface area contributed by atoms with E-state index in [1.54, 1.807) is 12.4 Å². The second kappa shape index (κ2) is 6.13. The standard InChI is InChI=1S/C15H18N8O2/c1-2-23-12-9(15(24)19-8-3-4-17-5-8)6-18-7-10(12)20-14(23)11-13(16)22-25-21-11/h6-8,17H,2-5H2,1H3,(H2,16,22)(H,19,24)/t8-/m0/s1. The number of aromatic nitrogens is 5. The fourth-order valence-electron chi connectivity index (χ4n) is 3.13. The Balaban J connectivity index is 1.81. The fraction of sp³-hybridized carbons (Fsp3) is 0.400. The summed E-state index contributed by atoms with van der Waals surface area (Å²) in [7, 11) is 0. The maximum absolute atomic E-state index is 12.8. The Bertz CT molecular complexity index is 925. The summed E-state index contributed by atoms with van der Waals surface area (Å²) in [5.41, 5.74) is 7.91. The average molecular weight is 342 g/mol. The van der Waals surface area contributed by atoms with Crippen LogP contribution in [0.25, 0.3) is 22.6 Å². The number of amides is 1. The molecule has 3 aromatic rings. The predicted octanol–water partition coefficient (Wildman–Crippen LogP) is 0.175. The molecule has 4 N–H and O–H groups in total. The van der Waals surface area contributed by atoms with Crippen molar-refractivity contribution in [2.45, 2.75) is 25.9 Å². The maximum atomic E-state index is 12.8. The summed E-state index contributed by atoms with van der Waals surface area (Å²) in [5, 5.41) is 13.7. The van der Waals surface area contributed by atoms with Gasteiger partial charge in [-0.2, -0.15) is 0 Å². The van der Waals surface area contributed by atoms with E-state index in [1.165, 1.54) is 0 Å². The Morgan fingerprint density at radius 3 is 3.04 bits per heavy atom. The van der Waals surface area contributed by atoms with E-state index >= 15 is 0 Å². The second-order valence-electron chi connectivity index (χ2n) is 5.90. The number of hydrogen-bond donors (Lipinski definition) is 3. The van der Waals surface area contributed by atoms with Crippen LogP contribution >= 0.6 is 0 Å². The molecule has 0 spiro atoms. The highest BCUT2D eigenvalue weighted by atomic mass is 16.6. The third kappa shape index (κ3) is 2.60. The third-order valence-corrected chi connectivity index (χ3v) is 4.33. The lowest BCUT2D eigenvalue weighted by Gasteiger charge is -2.13. The van der Waals surface area contributed by atoms with Gasteiger partial charge < -0.3 is 20.9 Å². The molecule has 25 heavy (non-hydrogen) atoms. The zero-order valence-electron chi connectivity index (χ0n) is 13.7. The Morgan fingerprint density at radius 2 is 2.36 bits per heavy atom. The van der Waals surface area contributed by atoms with Gasteiger partial charge in [-0.3, -0.25) is 9.78 Å². The minimum Gasteiger partial charge on any atom is -0.379 e. The highest BCUT2D eigenvalue weighted by Gasteiger charge is 2.24. The van der Waals surface area contributed by atoms with Gasteiger partial charge in [-0.25, -0.2) is 9.61 Å². The van der Waals surface area contributed by atoms with E-state index in [0.717, 1.165) is 19.5 Å². The first-order chi connectivity index (χ1) is 12.2. The Morgan fingerprint density at radius 1 is 1.48 bits per heavy atom. The predicted molar refractivity (Wildman–Crippen MR) is 89.6 cm³/mol. The summed E-state index contributed by atoms with van der Waals surface area (Å²) in [6, 6.07) is 0.121. The number of hydrogen-bond acceptors (Lipinski definition) is 8. The number of nitrogen functional groups attached to an aromatic ring is 1. The van der Waals surface area contributed by atoms with Gasteiger partial charge in [0.15, 0.2) is 17.3 Å². The summed E-state index contributed by atoms with van der Waals surface area (Å²) >= 11 is 0. The molecule has 130 valence electrons. The largest absolute Gasteiger partial charge is 0.379 e. The second-order valence-corrected chi connectivity index (χ2v) is 5.90. The topological polar surface area (TPSA) is 137 Å². The molecule has 0 aliphatic carbocycles. The molecule has 0 radical (unpaired) electrons. The molecule has 0 unspecified atom stereocenters. The van der Waals surface area contributed by atoms with Crippen LogP contribution in [-0.2, 0) is 6.54 Å². The molecule has 10 nitrogen and oxygen atoms in total. The molecule has 1 aliphatic heterocycles. The van der Waals surface area contributed by atoms with Crippen LogP contribution in [0.3, 0.4) is 0 Å². The first kappa shape index (κ1) is 15.5. The van der Waals surface area contributed by atoms with Gasteiger partial charge in [-0.05, 0) is 30.2 Å². The molecule has 4 heterocycles. The molecule has 1 amide bonds. The fourth-order valence-corrected chi connectivity index (χ4v) is 3.13. The van der Waals surface area contributed by atoms with Crippen molar-refractivity contribution in [2.24, 2.45) is 0 Å². The highest BCUT2D eigenvalue weighted by molar-refractivity contribution is 6.05. The van der Waals surface area contributed by atoms with E-state index in [1.807, 2.05) is 11.5 Å². The molecule has 1 fully saturated rings. The minimum atomic E-state index is -0.167. The number of aryl methyl sites for hydroxylation is 1. The van der Waals surface area contributed by atoms with Crippen molar-refractivity contribution in [1.82, 2.24) is 35.5 Å². The van der Waals surface area contributed by atoms with Crippen LogP contribution in [0.5, 0.6) is 0 Å². The molecule has 10 heteroatoms. The number of fused-ring (bicyclic) bond motifs is 1. The normalized spacial score (nSPS) is 17.2. The van der Waals surface area contributed by atoms with Crippen molar-refractivity contribution in [2.75, 3.05) is 18.8 Å². The van der Waals surface area contributed by atoms with Crippen molar-refractivity contribution in [1.29, 1.82) is 0 Å². The Hall–Kier alpha value is -3.01. The quantitative estimate of drug-likeness (QED) is 0.610. The van der Waals surface area contributed by atoms with E-state index in [4.69, 9.17) is 5.73 Å². The van der Waals surface area contributed by atoms with Crippen LogP contribution in [0.2, 0.25) is 0 Å². The lowest BCUT2D eigenvalue weighted by molar-refractivity contribution is 0.0941. The molecule has 0 aromatic carbocycles. The van der Waals surface area contributed by atoms with E-state index < -0.39 is 0 Å². The highest BCUT2D eigenvalue weighted by Crippen LogP contribution is 2.28. The molecule has 1 aliphatic rings. The van der Waals surface area contributed by atoms with Crippen molar-refractivity contribution >= 4 is 22.8 Å². The Kier molecular flexibility index (Phi) is 3.80. The van der Waals surface area contributed by atoms with Crippen LogP contribution in [0.1, 0.15) is 23.7 Å². The van der Waals surface area contributed by atoms with Gasteiger partial charge in [-0.15, -0.1) is 0 Å². The molecule has 4 rings (SSSR count). The number of carbonyl (C=O) groups excluding carboxylic acids is 1. The molecular weight excluding hydrogens is 324 g/mol. The summed E-state index contributed by atoms with van der Waals surface area (Å²) in [6.45, 7) is 4.21. The van der Waals surface area contributed by atoms with Crippen LogP contribution in [0, 0.1) is 0 Å². The first-order valence-corrected chi connectivity index (χ1v) is 8.13. The minimum absolute atomic E-state index is 0.121. The van der Waals surface area contributed by atoms with Gasteiger partial charge in [0.25, 0.3) is 5.91 Å². The lowest BCUT2D eigenvalue weighted by Crippen LogP contribution is -2.36.